The van der Waals surface area contributed by atoms with Crippen LogP contribution in [0.1, 0.15) is 17.5 Å². The molecule has 6 heteroatoms. The topological polar surface area (TPSA) is 95.4 Å². The van der Waals surface area contributed by atoms with Gasteiger partial charge in [-0.1, -0.05) is 6.07 Å². The van der Waals surface area contributed by atoms with Crippen LogP contribution in [0.15, 0.2) is 41.3 Å². The molecule has 0 heterocycles. The Morgan fingerprint density at radius 3 is 2.52 bits per heavy atom. The third-order valence-corrected chi connectivity index (χ3v) is 4.50. The summed E-state index contributed by atoms with van der Waals surface area (Å²) in [5, 5.41) is 5.21. The number of aryl methyl sites for hydroxylation is 2. The minimum atomic E-state index is -3.89. The summed E-state index contributed by atoms with van der Waals surface area (Å²) >= 11 is 0. The fraction of sp³-hybridized carbons (Fsp3) is 0.200. The number of nitrogen functional groups attached to an aromatic ring is 1. The normalized spacial score (nSPS) is 14.0. The Balaban J connectivity index is 1.99. The van der Waals surface area contributed by atoms with Crippen molar-refractivity contribution in [1.29, 1.82) is 0 Å². The molecule has 3 rings (SSSR count). The molecule has 2 aromatic rings. The van der Waals surface area contributed by atoms with Gasteiger partial charge in [0, 0.05) is 5.69 Å². The first-order valence-electron chi connectivity index (χ1n) is 6.65. The number of hydrogen-bond acceptors (Lipinski definition) is 4. The van der Waals surface area contributed by atoms with Crippen LogP contribution >= 0.6 is 0 Å². The summed E-state index contributed by atoms with van der Waals surface area (Å²) in [5.74, 6) is 0.787. The van der Waals surface area contributed by atoms with Crippen molar-refractivity contribution in [3.8, 4) is 11.5 Å². The van der Waals surface area contributed by atoms with Crippen LogP contribution in [0.2, 0.25) is 0 Å². The summed E-state index contributed by atoms with van der Waals surface area (Å²) in [5.41, 5.74) is 8.51. The summed E-state index contributed by atoms with van der Waals surface area (Å²) in [6.45, 7) is 0. The van der Waals surface area contributed by atoms with Gasteiger partial charge in [0.15, 0.2) is 0 Å². The lowest BCUT2D eigenvalue weighted by molar-refractivity contribution is 0.467. The molecule has 0 spiro atoms. The van der Waals surface area contributed by atoms with Crippen molar-refractivity contribution < 1.29 is 13.2 Å². The fourth-order valence-electron chi connectivity index (χ4n) is 2.57. The molecule has 0 radical (unpaired) electrons. The maximum absolute atomic E-state index is 11.6. The van der Waals surface area contributed by atoms with Crippen molar-refractivity contribution in [2.75, 3.05) is 5.73 Å². The number of hydrogen-bond donors (Lipinski definition) is 2. The number of ether oxygens (including phenoxy) is 1. The number of sulfonamides is 1. The molecule has 0 aliphatic heterocycles. The van der Waals surface area contributed by atoms with Crippen molar-refractivity contribution in [2.24, 2.45) is 5.14 Å². The van der Waals surface area contributed by atoms with Gasteiger partial charge in [0.2, 0.25) is 10.0 Å². The quantitative estimate of drug-likeness (QED) is 0.850. The molecule has 0 saturated heterocycles. The van der Waals surface area contributed by atoms with Gasteiger partial charge in [-0.25, -0.2) is 13.6 Å². The zero-order valence-electron chi connectivity index (χ0n) is 11.4. The lowest BCUT2D eigenvalue weighted by atomic mass is 10.1. The second kappa shape index (κ2) is 5.05. The molecule has 0 amide bonds. The van der Waals surface area contributed by atoms with Gasteiger partial charge in [0.25, 0.3) is 0 Å². The van der Waals surface area contributed by atoms with E-state index >= 15 is 0 Å². The predicted molar refractivity (Wildman–Crippen MR) is 80.8 cm³/mol. The van der Waals surface area contributed by atoms with Gasteiger partial charge in [0.05, 0.1) is 0 Å². The molecular weight excluding hydrogens is 288 g/mol. The number of primary sulfonamides is 1. The minimum Gasteiger partial charge on any atom is -0.456 e. The number of rotatable bonds is 3. The highest BCUT2D eigenvalue weighted by atomic mass is 32.2. The number of benzene rings is 2. The van der Waals surface area contributed by atoms with Crippen molar-refractivity contribution in [2.45, 2.75) is 24.2 Å². The van der Waals surface area contributed by atoms with E-state index in [1.165, 1.54) is 23.3 Å². The molecule has 0 aromatic heterocycles. The lowest BCUT2D eigenvalue weighted by Gasteiger charge is -2.11. The van der Waals surface area contributed by atoms with E-state index in [-0.39, 0.29) is 10.6 Å². The first kappa shape index (κ1) is 13.9. The van der Waals surface area contributed by atoms with E-state index in [1.807, 2.05) is 18.2 Å². The Hall–Kier alpha value is -2.05. The summed E-state index contributed by atoms with van der Waals surface area (Å²) in [6, 6.07) is 10.2. The van der Waals surface area contributed by atoms with Crippen molar-refractivity contribution in [3.05, 3.63) is 47.5 Å². The van der Waals surface area contributed by atoms with E-state index in [0.717, 1.165) is 19.3 Å². The van der Waals surface area contributed by atoms with Gasteiger partial charge in [0.1, 0.15) is 16.4 Å². The van der Waals surface area contributed by atoms with Gasteiger partial charge in [-0.05, 0) is 60.7 Å². The molecule has 110 valence electrons. The van der Waals surface area contributed by atoms with Crippen LogP contribution in [-0.4, -0.2) is 8.42 Å². The molecule has 0 unspecified atom stereocenters. The Labute approximate surface area is 123 Å². The maximum atomic E-state index is 11.6. The number of anilines is 1. The average molecular weight is 304 g/mol. The van der Waals surface area contributed by atoms with E-state index in [0.29, 0.717) is 11.4 Å². The molecule has 0 bridgehead atoms. The molecule has 2 aromatic carbocycles. The highest BCUT2D eigenvalue weighted by molar-refractivity contribution is 7.89. The predicted octanol–water partition coefficient (Wildman–Crippen LogP) is 2.20. The van der Waals surface area contributed by atoms with Gasteiger partial charge < -0.3 is 10.5 Å². The van der Waals surface area contributed by atoms with Crippen LogP contribution in [0.25, 0.3) is 0 Å². The summed E-state index contributed by atoms with van der Waals surface area (Å²) in [4.78, 5) is -0.108. The van der Waals surface area contributed by atoms with Gasteiger partial charge in [-0.3, -0.25) is 0 Å². The summed E-state index contributed by atoms with van der Waals surface area (Å²) in [6.07, 6.45) is 3.25. The zero-order chi connectivity index (χ0) is 15.0. The molecule has 0 atom stereocenters. The number of nitrogens with two attached hydrogens (primary N) is 2. The third-order valence-electron chi connectivity index (χ3n) is 3.57. The van der Waals surface area contributed by atoms with Crippen LogP contribution in [0.5, 0.6) is 11.5 Å². The van der Waals surface area contributed by atoms with Crippen molar-refractivity contribution >= 4 is 15.7 Å². The standard InChI is InChI=1S/C15H16N2O3S/c16-12-5-7-14(15(9-12)21(17,18)19)20-13-6-4-10-2-1-3-11(10)8-13/h4-9H,1-3,16H2,(H2,17,18,19). The molecule has 0 saturated carbocycles. The molecule has 5 nitrogen and oxygen atoms in total. The highest BCUT2D eigenvalue weighted by Gasteiger charge is 2.17. The van der Waals surface area contributed by atoms with E-state index < -0.39 is 10.0 Å². The number of fused-ring (bicyclic) bond motifs is 1. The van der Waals surface area contributed by atoms with Crippen LogP contribution in [0, 0.1) is 0 Å². The first-order chi connectivity index (χ1) is 9.93. The van der Waals surface area contributed by atoms with Crippen LogP contribution in [0.3, 0.4) is 0 Å². The van der Waals surface area contributed by atoms with E-state index in [2.05, 4.69) is 0 Å². The van der Waals surface area contributed by atoms with Crippen LogP contribution in [0.4, 0.5) is 5.69 Å². The van der Waals surface area contributed by atoms with E-state index in [4.69, 9.17) is 15.6 Å². The second-order valence-electron chi connectivity index (χ2n) is 5.14. The van der Waals surface area contributed by atoms with Crippen LogP contribution in [-0.2, 0) is 22.9 Å². The van der Waals surface area contributed by atoms with Gasteiger partial charge in [-0.2, -0.15) is 0 Å². The maximum Gasteiger partial charge on any atom is 0.241 e. The molecular formula is C15H16N2O3S. The van der Waals surface area contributed by atoms with Crippen molar-refractivity contribution in [3.63, 3.8) is 0 Å². The Bertz CT molecular complexity index is 801. The Kier molecular flexibility index (Phi) is 3.35. The Morgan fingerprint density at radius 2 is 1.76 bits per heavy atom. The van der Waals surface area contributed by atoms with E-state index in [9.17, 15) is 8.42 Å². The molecule has 1 aliphatic rings. The highest BCUT2D eigenvalue weighted by Crippen LogP contribution is 2.32. The smallest absolute Gasteiger partial charge is 0.241 e. The third kappa shape index (κ3) is 2.86. The molecule has 0 fully saturated rings. The largest absolute Gasteiger partial charge is 0.456 e. The summed E-state index contributed by atoms with van der Waals surface area (Å²) in [7, 11) is -3.89. The van der Waals surface area contributed by atoms with Gasteiger partial charge >= 0.3 is 0 Å². The minimum absolute atomic E-state index is 0.108. The fourth-order valence-corrected chi connectivity index (χ4v) is 3.26. The first-order valence-corrected chi connectivity index (χ1v) is 8.20. The lowest BCUT2D eigenvalue weighted by Crippen LogP contribution is -2.13. The SMILES string of the molecule is Nc1ccc(Oc2ccc3c(c2)CCC3)c(S(N)(=O)=O)c1. The zero-order valence-corrected chi connectivity index (χ0v) is 12.2. The monoisotopic (exact) mass is 304 g/mol. The molecule has 4 N–H and O–H groups in total. The molecule has 1 aliphatic carbocycles. The Morgan fingerprint density at radius 1 is 1.00 bits per heavy atom. The molecule has 21 heavy (non-hydrogen) atoms. The second-order valence-corrected chi connectivity index (χ2v) is 6.67. The van der Waals surface area contributed by atoms with Crippen LogP contribution < -0.4 is 15.6 Å². The van der Waals surface area contributed by atoms with Crippen molar-refractivity contribution in [1.82, 2.24) is 0 Å². The average Bonchev–Trinajstić information content (AvgIpc) is 2.87. The summed E-state index contributed by atoms with van der Waals surface area (Å²) < 4.78 is 29.0. The van der Waals surface area contributed by atoms with E-state index in [1.54, 1.807) is 6.07 Å². The van der Waals surface area contributed by atoms with Gasteiger partial charge in [-0.15, -0.1) is 0 Å².